The van der Waals surface area contributed by atoms with E-state index in [4.69, 9.17) is 0 Å². The van der Waals surface area contributed by atoms with Gasteiger partial charge in [0.25, 0.3) is 11.1 Å². The van der Waals surface area contributed by atoms with Crippen LogP contribution in [0.2, 0.25) is 0 Å². The molecule has 1 aliphatic rings. The van der Waals surface area contributed by atoms with Crippen molar-refractivity contribution in [3.8, 4) is 16.5 Å². The molecule has 4 aromatic rings. The molecule has 5 rings (SSSR count). The van der Waals surface area contributed by atoms with Gasteiger partial charge in [-0.3, -0.25) is 23.9 Å². The number of carbonyl (C=O) groups is 1. The summed E-state index contributed by atoms with van der Waals surface area (Å²) >= 11 is 2.98. The number of carbonyl (C=O) groups excluding carboxylic acids is 1. The highest BCUT2D eigenvalue weighted by Gasteiger charge is 2.28. The summed E-state index contributed by atoms with van der Waals surface area (Å²) in [6.07, 6.45) is 0.0991. The van der Waals surface area contributed by atoms with E-state index in [1.165, 1.54) is 39.9 Å². The molecule has 0 aromatic carbocycles. The zero-order valence-corrected chi connectivity index (χ0v) is 19.4. The van der Waals surface area contributed by atoms with Crippen molar-refractivity contribution in [2.75, 3.05) is 11.1 Å². The molecule has 0 radical (unpaired) electrons. The van der Waals surface area contributed by atoms with E-state index in [2.05, 4.69) is 25.4 Å². The molecule has 168 valence electrons. The average Bonchev–Trinajstić information content (AvgIpc) is 3.47. The maximum absolute atomic E-state index is 13.0. The number of hydrogen-bond donors (Lipinski definition) is 2. The highest BCUT2D eigenvalue weighted by atomic mass is 32.2. The number of aromatic nitrogens is 6. The summed E-state index contributed by atoms with van der Waals surface area (Å²) in [7, 11) is 0. The molecule has 12 heteroatoms. The summed E-state index contributed by atoms with van der Waals surface area (Å²) in [4.78, 5) is 49.8. The molecule has 0 saturated heterocycles. The van der Waals surface area contributed by atoms with Gasteiger partial charge in [0.1, 0.15) is 11.5 Å². The number of nitrogens with one attached hydrogen (secondary N) is 2. The molecule has 33 heavy (non-hydrogen) atoms. The van der Waals surface area contributed by atoms with Crippen molar-refractivity contribution in [3.63, 3.8) is 0 Å². The van der Waals surface area contributed by atoms with E-state index >= 15 is 0 Å². The van der Waals surface area contributed by atoms with Crippen LogP contribution in [0.3, 0.4) is 0 Å². The van der Waals surface area contributed by atoms with Gasteiger partial charge in [-0.15, -0.1) is 11.3 Å². The Labute approximate surface area is 195 Å². The first-order valence-corrected chi connectivity index (χ1v) is 12.0. The largest absolute Gasteiger partial charge is 0.310 e. The molecule has 0 aliphatic carbocycles. The quantitative estimate of drug-likeness (QED) is 0.419. The van der Waals surface area contributed by atoms with E-state index in [0.717, 1.165) is 4.88 Å². The molecular weight excluding hydrogens is 462 g/mol. The number of rotatable bonds is 5. The average molecular weight is 482 g/mol. The summed E-state index contributed by atoms with van der Waals surface area (Å²) in [5.74, 6) is 0.883. The van der Waals surface area contributed by atoms with Crippen LogP contribution in [-0.2, 0) is 4.79 Å². The fourth-order valence-corrected chi connectivity index (χ4v) is 5.54. The van der Waals surface area contributed by atoms with Crippen molar-refractivity contribution in [2.24, 2.45) is 0 Å². The van der Waals surface area contributed by atoms with E-state index < -0.39 is 0 Å². The number of fused-ring (bicyclic) bond motifs is 1. The zero-order chi connectivity index (χ0) is 23.1. The van der Waals surface area contributed by atoms with Gasteiger partial charge in [0.2, 0.25) is 11.9 Å². The molecule has 1 aliphatic heterocycles. The fourth-order valence-electron chi connectivity index (χ4n) is 3.66. The van der Waals surface area contributed by atoms with E-state index in [0.29, 0.717) is 33.8 Å². The highest BCUT2D eigenvalue weighted by Crippen LogP contribution is 2.32. The maximum Gasteiger partial charge on any atom is 0.254 e. The SMILES string of the molecule is Cc1cc(=O)[nH]c(-n2nc(-c3cccs3)cc2NC(=O)CC2CSc3nc(C)cc(=O)n32)n1. The van der Waals surface area contributed by atoms with Gasteiger partial charge in [0, 0.05) is 41.8 Å². The number of thiophene rings is 1. The van der Waals surface area contributed by atoms with Gasteiger partial charge in [-0.25, -0.2) is 9.97 Å². The lowest BCUT2D eigenvalue weighted by Gasteiger charge is -2.13. The third-order valence-corrected chi connectivity index (χ3v) is 7.04. The Kier molecular flexibility index (Phi) is 5.46. The second kappa shape index (κ2) is 8.45. The molecule has 0 spiro atoms. The lowest BCUT2D eigenvalue weighted by Crippen LogP contribution is -2.28. The van der Waals surface area contributed by atoms with Crippen molar-refractivity contribution >= 4 is 34.8 Å². The number of hydrogen-bond acceptors (Lipinski definition) is 8. The van der Waals surface area contributed by atoms with Crippen LogP contribution in [0.15, 0.2) is 50.5 Å². The topological polar surface area (TPSA) is 128 Å². The van der Waals surface area contributed by atoms with Gasteiger partial charge in [0.15, 0.2) is 5.16 Å². The normalized spacial score (nSPS) is 14.9. The first-order valence-electron chi connectivity index (χ1n) is 10.1. The molecule has 0 saturated carbocycles. The molecule has 0 bridgehead atoms. The Morgan fingerprint density at radius 2 is 2.03 bits per heavy atom. The number of H-pyrrole nitrogens is 1. The molecule has 1 atom stereocenters. The summed E-state index contributed by atoms with van der Waals surface area (Å²) in [5, 5.41) is 10.00. The molecule has 2 N–H and O–H groups in total. The number of aromatic amines is 1. The maximum atomic E-state index is 13.0. The minimum absolute atomic E-state index is 0.0991. The van der Waals surface area contributed by atoms with E-state index in [1.54, 1.807) is 24.5 Å². The summed E-state index contributed by atoms with van der Waals surface area (Å²) < 4.78 is 2.99. The van der Waals surface area contributed by atoms with Gasteiger partial charge in [0.05, 0.1) is 10.9 Å². The second-order valence-electron chi connectivity index (χ2n) is 7.62. The van der Waals surface area contributed by atoms with Crippen LogP contribution >= 0.6 is 23.1 Å². The number of thioether (sulfide) groups is 1. The van der Waals surface area contributed by atoms with E-state index in [1.807, 2.05) is 17.5 Å². The number of aryl methyl sites for hydroxylation is 2. The van der Waals surface area contributed by atoms with E-state index in [9.17, 15) is 14.4 Å². The fraction of sp³-hybridized carbons (Fsp3) is 0.238. The third kappa shape index (κ3) is 4.26. The van der Waals surface area contributed by atoms with Crippen LogP contribution in [0, 0.1) is 13.8 Å². The van der Waals surface area contributed by atoms with Crippen LogP contribution in [-0.4, -0.2) is 41.0 Å². The van der Waals surface area contributed by atoms with Gasteiger partial charge in [-0.1, -0.05) is 17.8 Å². The van der Waals surface area contributed by atoms with Gasteiger partial charge < -0.3 is 5.32 Å². The molecule has 5 heterocycles. The van der Waals surface area contributed by atoms with Gasteiger partial charge >= 0.3 is 0 Å². The standard InChI is InChI=1S/C21H19N7O3S2/c1-11-6-17(29)25-20(22-11)28-16(9-14(26-28)15-4-3-5-32-15)24-18(30)8-13-10-33-21-23-12(2)7-19(31)27(13)21/h3-7,9,13H,8,10H2,1-2H3,(H,24,30)(H,22,25,29). The Balaban J connectivity index is 1.45. The van der Waals surface area contributed by atoms with Crippen LogP contribution in [0.1, 0.15) is 23.9 Å². The number of nitrogens with zero attached hydrogens (tertiary/aromatic N) is 5. The monoisotopic (exact) mass is 481 g/mol. The van der Waals surface area contributed by atoms with Gasteiger partial charge in [-0.05, 0) is 25.3 Å². The Morgan fingerprint density at radius 3 is 2.79 bits per heavy atom. The van der Waals surface area contributed by atoms with Crippen molar-refractivity contribution < 1.29 is 4.79 Å². The molecule has 0 fully saturated rings. The van der Waals surface area contributed by atoms with Crippen LogP contribution in [0.4, 0.5) is 5.82 Å². The van der Waals surface area contributed by atoms with Crippen molar-refractivity contribution in [3.05, 3.63) is 67.8 Å². The lowest BCUT2D eigenvalue weighted by molar-refractivity contribution is -0.116. The van der Waals surface area contributed by atoms with Crippen LogP contribution < -0.4 is 16.4 Å². The van der Waals surface area contributed by atoms with Crippen LogP contribution in [0.5, 0.6) is 0 Å². The van der Waals surface area contributed by atoms with Crippen LogP contribution in [0.25, 0.3) is 16.5 Å². The Morgan fingerprint density at radius 1 is 1.21 bits per heavy atom. The first kappa shape index (κ1) is 21.3. The zero-order valence-electron chi connectivity index (χ0n) is 17.7. The summed E-state index contributed by atoms with van der Waals surface area (Å²) in [5.41, 5.74) is 1.35. The molecule has 1 amide bonds. The number of anilines is 1. The predicted octanol–water partition coefficient (Wildman–Crippen LogP) is 2.53. The third-order valence-electron chi connectivity index (χ3n) is 5.05. The Hall–Kier alpha value is -3.51. The first-order chi connectivity index (χ1) is 15.9. The molecule has 10 nitrogen and oxygen atoms in total. The number of amides is 1. The van der Waals surface area contributed by atoms with Crippen molar-refractivity contribution in [1.29, 1.82) is 0 Å². The van der Waals surface area contributed by atoms with Crippen molar-refractivity contribution in [1.82, 2.24) is 29.3 Å². The molecule has 4 aromatic heterocycles. The summed E-state index contributed by atoms with van der Waals surface area (Å²) in [6.45, 7) is 3.49. The van der Waals surface area contributed by atoms with E-state index in [-0.39, 0.29) is 35.4 Å². The molecular formula is C21H19N7O3S2. The van der Waals surface area contributed by atoms with Crippen molar-refractivity contribution in [2.45, 2.75) is 31.5 Å². The predicted molar refractivity (Wildman–Crippen MR) is 126 cm³/mol. The highest BCUT2D eigenvalue weighted by molar-refractivity contribution is 7.99. The molecule has 1 unspecified atom stereocenters. The summed E-state index contributed by atoms with van der Waals surface area (Å²) in [6, 6.07) is 8.13. The minimum atomic E-state index is -0.315. The smallest absolute Gasteiger partial charge is 0.254 e. The Bertz CT molecular complexity index is 1470. The lowest BCUT2D eigenvalue weighted by atomic mass is 10.2. The minimum Gasteiger partial charge on any atom is -0.310 e. The second-order valence-corrected chi connectivity index (χ2v) is 9.55. The van der Waals surface area contributed by atoms with Gasteiger partial charge in [-0.2, -0.15) is 9.78 Å².